The third-order valence-corrected chi connectivity index (χ3v) is 6.88. The number of benzene rings is 3. The Hall–Kier alpha value is -3.00. The number of nitrogens with zero attached hydrogens (tertiary/aromatic N) is 2. The Kier molecular flexibility index (Phi) is 7.80. The summed E-state index contributed by atoms with van der Waals surface area (Å²) in [4.78, 5) is 12.6. The van der Waals surface area contributed by atoms with Crippen LogP contribution in [0, 0.1) is 13.8 Å². The molecule has 3 rings (SSSR count). The zero-order chi connectivity index (χ0) is 23.1. The molecule has 0 saturated carbocycles. The van der Waals surface area contributed by atoms with Crippen molar-refractivity contribution < 1.29 is 13.2 Å². The lowest BCUT2D eigenvalue weighted by molar-refractivity contribution is -0.121. The fourth-order valence-electron chi connectivity index (χ4n) is 3.08. The summed E-state index contributed by atoms with van der Waals surface area (Å²) in [5, 5.41) is 4.39. The normalized spacial score (nSPS) is 11.8. The van der Waals surface area contributed by atoms with Crippen LogP contribution in [0.2, 0.25) is 5.02 Å². The topological polar surface area (TPSA) is 78.8 Å². The van der Waals surface area contributed by atoms with E-state index in [0.29, 0.717) is 5.02 Å². The third kappa shape index (κ3) is 6.26. The van der Waals surface area contributed by atoms with E-state index in [4.69, 9.17) is 11.6 Å². The minimum absolute atomic E-state index is 0.0483. The molecule has 1 N–H and O–H groups in total. The molecule has 0 saturated heterocycles. The molecule has 32 heavy (non-hydrogen) atoms. The van der Waals surface area contributed by atoms with Crippen molar-refractivity contribution in [2.45, 2.75) is 25.3 Å². The van der Waals surface area contributed by atoms with E-state index in [-0.39, 0.29) is 18.0 Å². The molecule has 0 aromatic heterocycles. The Balaban J connectivity index is 1.81. The molecule has 0 aliphatic rings. The first-order chi connectivity index (χ1) is 15.3. The molecule has 0 aliphatic heterocycles. The molecule has 1 amide bonds. The number of amides is 1. The fraction of sp³-hybridized carbons (Fsp3) is 0.167. The maximum atomic E-state index is 13.3. The summed E-state index contributed by atoms with van der Waals surface area (Å²) >= 11 is 5.91. The first kappa shape index (κ1) is 23.7. The van der Waals surface area contributed by atoms with Gasteiger partial charge in [0.2, 0.25) is 10.0 Å². The van der Waals surface area contributed by atoms with Gasteiger partial charge < -0.3 is 0 Å². The Morgan fingerprint density at radius 2 is 1.75 bits per heavy atom. The van der Waals surface area contributed by atoms with E-state index < -0.39 is 15.9 Å². The minimum atomic E-state index is -3.95. The second kappa shape index (κ2) is 10.5. The van der Waals surface area contributed by atoms with Crippen molar-refractivity contribution >= 4 is 33.7 Å². The van der Waals surface area contributed by atoms with Crippen LogP contribution in [0.3, 0.4) is 0 Å². The summed E-state index contributed by atoms with van der Waals surface area (Å²) in [5.74, 6) is -0.542. The van der Waals surface area contributed by atoms with Gasteiger partial charge in [0.25, 0.3) is 5.91 Å². The first-order valence-electron chi connectivity index (χ1n) is 9.94. The highest BCUT2D eigenvalue weighted by Gasteiger charge is 2.27. The van der Waals surface area contributed by atoms with Gasteiger partial charge in [-0.05, 0) is 54.8 Å². The highest BCUT2D eigenvalue weighted by molar-refractivity contribution is 7.89. The maximum Gasteiger partial charge on any atom is 0.255 e. The Morgan fingerprint density at radius 3 is 2.44 bits per heavy atom. The largest absolute Gasteiger partial charge is 0.272 e. The van der Waals surface area contributed by atoms with Crippen molar-refractivity contribution in [3.05, 3.63) is 100 Å². The van der Waals surface area contributed by atoms with Crippen molar-refractivity contribution in [3.63, 3.8) is 0 Å². The van der Waals surface area contributed by atoms with Gasteiger partial charge >= 0.3 is 0 Å². The Bertz CT molecular complexity index is 1230. The number of halogens is 1. The molecule has 0 radical (unpaired) electrons. The number of hydrogen-bond acceptors (Lipinski definition) is 4. The van der Waals surface area contributed by atoms with Crippen LogP contribution < -0.4 is 5.43 Å². The van der Waals surface area contributed by atoms with E-state index >= 15 is 0 Å². The summed E-state index contributed by atoms with van der Waals surface area (Å²) < 4.78 is 27.7. The minimum Gasteiger partial charge on any atom is -0.272 e. The SMILES string of the molecule is Cc1cccc(/C=N\NC(=O)CN(Cc2ccccc2C)S(=O)(=O)c2ccc(Cl)cc2)c1. The quantitative estimate of drug-likeness (QED) is 0.394. The van der Waals surface area contributed by atoms with Crippen LogP contribution in [0.15, 0.2) is 82.8 Å². The van der Waals surface area contributed by atoms with E-state index in [0.717, 1.165) is 26.6 Å². The number of carbonyl (C=O) groups is 1. The highest BCUT2D eigenvalue weighted by Crippen LogP contribution is 2.21. The van der Waals surface area contributed by atoms with E-state index in [1.807, 2.05) is 62.4 Å². The van der Waals surface area contributed by atoms with Crippen LogP contribution in [-0.4, -0.2) is 31.4 Å². The Labute approximate surface area is 193 Å². The summed E-state index contributed by atoms with van der Waals surface area (Å²) in [6.45, 7) is 3.52. The van der Waals surface area contributed by atoms with E-state index in [9.17, 15) is 13.2 Å². The van der Waals surface area contributed by atoms with Crippen molar-refractivity contribution in [2.75, 3.05) is 6.54 Å². The zero-order valence-corrected chi connectivity index (χ0v) is 19.4. The van der Waals surface area contributed by atoms with E-state index in [1.165, 1.54) is 30.5 Å². The third-order valence-electron chi connectivity index (χ3n) is 4.82. The van der Waals surface area contributed by atoms with Crippen LogP contribution in [-0.2, 0) is 21.4 Å². The van der Waals surface area contributed by atoms with Crippen LogP contribution in [0.25, 0.3) is 0 Å². The van der Waals surface area contributed by atoms with Gasteiger partial charge in [-0.2, -0.15) is 9.41 Å². The monoisotopic (exact) mass is 469 g/mol. The molecule has 0 atom stereocenters. The predicted molar refractivity (Wildman–Crippen MR) is 127 cm³/mol. The van der Waals surface area contributed by atoms with Gasteiger partial charge in [-0.1, -0.05) is 65.7 Å². The maximum absolute atomic E-state index is 13.3. The van der Waals surface area contributed by atoms with Crippen LogP contribution in [0.1, 0.15) is 22.3 Å². The molecule has 166 valence electrons. The Morgan fingerprint density at radius 1 is 1.03 bits per heavy atom. The second-order valence-electron chi connectivity index (χ2n) is 7.36. The molecule has 0 heterocycles. The van der Waals surface area contributed by atoms with Gasteiger partial charge in [-0.15, -0.1) is 0 Å². The van der Waals surface area contributed by atoms with Gasteiger partial charge in [-0.25, -0.2) is 13.8 Å². The zero-order valence-electron chi connectivity index (χ0n) is 17.8. The van der Waals surface area contributed by atoms with Crippen molar-refractivity contribution in [3.8, 4) is 0 Å². The molecule has 8 heteroatoms. The van der Waals surface area contributed by atoms with Crippen LogP contribution in [0.5, 0.6) is 0 Å². The first-order valence-corrected chi connectivity index (χ1v) is 11.8. The lowest BCUT2D eigenvalue weighted by Crippen LogP contribution is -2.39. The van der Waals surface area contributed by atoms with Gasteiger partial charge in [0.1, 0.15) is 0 Å². The number of hydrazone groups is 1. The fourth-order valence-corrected chi connectivity index (χ4v) is 4.58. The molecule has 0 aliphatic carbocycles. The average Bonchev–Trinajstić information content (AvgIpc) is 2.75. The summed E-state index contributed by atoms with van der Waals surface area (Å²) in [6.07, 6.45) is 1.52. The number of nitrogens with one attached hydrogen (secondary N) is 1. The number of carbonyl (C=O) groups excluding carboxylic acids is 1. The number of sulfonamides is 1. The van der Waals surface area contributed by atoms with Gasteiger partial charge in [-0.3, -0.25) is 4.79 Å². The van der Waals surface area contributed by atoms with Gasteiger partial charge in [0.05, 0.1) is 17.7 Å². The number of hydrogen-bond donors (Lipinski definition) is 1. The highest BCUT2D eigenvalue weighted by atomic mass is 35.5. The van der Waals surface area contributed by atoms with E-state index in [1.54, 1.807) is 0 Å². The summed E-state index contributed by atoms with van der Waals surface area (Å²) in [6, 6.07) is 20.9. The molecule has 0 unspecified atom stereocenters. The van der Waals surface area contributed by atoms with Gasteiger partial charge in [0, 0.05) is 11.6 Å². The standard InChI is InChI=1S/C24H24ClN3O3S/c1-18-6-5-8-20(14-18)15-26-27-24(29)17-28(16-21-9-4-3-7-19(21)2)32(30,31)23-12-10-22(25)11-13-23/h3-15H,16-17H2,1-2H3,(H,27,29)/b26-15-. The summed E-state index contributed by atoms with van der Waals surface area (Å²) in [5.41, 5.74) is 6.05. The lowest BCUT2D eigenvalue weighted by Gasteiger charge is -2.22. The number of rotatable bonds is 8. The summed E-state index contributed by atoms with van der Waals surface area (Å²) in [7, 11) is -3.95. The van der Waals surface area contributed by atoms with Crippen molar-refractivity contribution in [1.82, 2.24) is 9.73 Å². The molecule has 0 spiro atoms. The van der Waals surface area contributed by atoms with E-state index in [2.05, 4.69) is 10.5 Å². The lowest BCUT2D eigenvalue weighted by atomic mass is 10.1. The van der Waals surface area contributed by atoms with Crippen molar-refractivity contribution in [1.29, 1.82) is 0 Å². The molecular formula is C24H24ClN3O3S. The van der Waals surface area contributed by atoms with Crippen molar-refractivity contribution in [2.24, 2.45) is 5.10 Å². The van der Waals surface area contributed by atoms with Crippen LogP contribution >= 0.6 is 11.6 Å². The van der Waals surface area contributed by atoms with Gasteiger partial charge in [0.15, 0.2) is 0 Å². The molecule has 3 aromatic rings. The molecule has 0 fully saturated rings. The average molecular weight is 470 g/mol. The number of aryl methyl sites for hydroxylation is 2. The predicted octanol–water partition coefficient (Wildman–Crippen LogP) is 4.30. The molecule has 0 bridgehead atoms. The molecular weight excluding hydrogens is 446 g/mol. The molecule has 3 aromatic carbocycles. The van der Waals surface area contributed by atoms with Crippen LogP contribution in [0.4, 0.5) is 0 Å². The smallest absolute Gasteiger partial charge is 0.255 e. The molecule has 6 nitrogen and oxygen atoms in total. The second-order valence-corrected chi connectivity index (χ2v) is 9.74.